The Balaban J connectivity index is 2.38. The van der Waals surface area contributed by atoms with Crippen molar-refractivity contribution >= 4 is 43.7 Å². The first-order valence-corrected chi connectivity index (χ1v) is 7.19. The molecule has 0 saturated heterocycles. The normalized spacial score (nSPS) is 10.7. The number of halogens is 1. The molecule has 1 atom stereocenters. The van der Waals surface area contributed by atoms with E-state index >= 15 is 0 Å². The van der Waals surface area contributed by atoms with E-state index in [1.807, 2.05) is 29.0 Å². The van der Waals surface area contributed by atoms with Crippen LogP contribution in [0, 0.1) is 11.3 Å². The van der Waals surface area contributed by atoms with Crippen LogP contribution in [0.15, 0.2) is 29.3 Å². The number of aromatic nitrogens is 1. The third kappa shape index (κ3) is 2.99. The summed E-state index contributed by atoms with van der Waals surface area (Å²) in [5.41, 5.74) is 1.04. The molecule has 0 aliphatic rings. The highest BCUT2D eigenvalue weighted by atomic mass is 35.5. The summed E-state index contributed by atoms with van der Waals surface area (Å²) in [6.07, 6.45) is 2.00. The minimum atomic E-state index is 0.346. The zero-order valence-electron chi connectivity index (χ0n) is 9.60. The molecule has 0 radical (unpaired) electrons. The molecule has 1 aromatic heterocycles. The van der Waals surface area contributed by atoms with Gasteiger partial charge >= 0.3 is 0 Å². The van der Waals surface area contributed by atoms with Gasteiger partial charge in [-0.3, -0.25) is 0 Å². The Hall–Kier alpha value is -0.720. The lowest BCUT2D eigenvalue weighted by Gasteiger charge is -1.99. The van der Waals surface area contributed by atoms with E-state index in [2.05, 4.69) is 15.5 Å². The van der Waals surface area contributed by atoms with E-state index in [4.69, 9.17) is 21.4 Å². The lowest BCUT2D eigenvalue weighted by molar-refractivity contribution is 0.404. The van der Waals surface area contributed by atoms with Gasteiger partial charge < -0.3 is 9.09 Å². The first-order chi connectivity index (χ1) is 8.76. The van der Waals surface area contributed by atoms with Crippen LogP contribution >= 0.6 is 32.8 Å². The maximum Gasteiger partial charge on any atom is 0.110 e. The van der Waals surface area contributed by atoms with Crippen LogP contribution in [0.5, 0.6) is 0 Å². The molecule has 1 heterocycles. The lowest BCUT2D eigenvalue weighted by Crippen LogP contribution is -1.91. The van der Waals surface area contributed by atoms with Gasteiger partial charge in [0.25, 0.3) is 0 Å². The Morgan fingerprint density at radius 2 is 2.33 bits per heavy atom. The number of rotatable bonds is 5. The van der Waals surface area contributed by atoms with Crippen molar-refractivity contribution in [3.63, 3.8) is 0 Å². The van der Waals surface area contributed by atoms with Crippen molar-refractivity contribution in [3.05, 3.63) is 29.4 Å². The van der Waals surface area contributed by atoms with Crippen LogP contribution in [0.1, 0.15) is 0 Å². The van der Waals surface area contributed by atoms with Crippen molar-refractivity contribution < 1.29 is 4.52 Å². The van der Waals surface area contributed by atoms with Crippen LogP contribution in [0.3, 0.4) is 0 Å². The average molecular weight is 299 g/mol. The minimum absolute atomic E-state index is 0.346. The van der Waals surface area contributed by atoms with Crippen LogP contribution < -0.4 is 0 Å². The van der Waals surface area contributed by atoms with Crippen LogP contribution in [-0.2, 0) is 11.1 Å². The summed E-state index contributed by atoms with van der Waals surface area (Å²) in [7, 11) is 2.24. The molecule has 0 fully saturated rings. The molecule has 0 saturated carbocycles. The number of nitriles is 1. The summed E-state index contributed by atoms with van der Waals surface area (Å²) >= 11 is 7.73. The topological polar surface area (TPSA) is 38.0 Å². The van der Waals surface area contributed by atoms with Crippen LogP contribution in [-0.4, -0.2) is 16.9 Å². The number of thioether (sulfide) groups is 1. The standard InChI is InChI=1S/C12H12ClN2OPS/c13-9-1-2-11-10(7-9)12(18-6-5-16-17)8-15(11)4-3-14/h1-2,7-8H,4-6,17H2. The third-order valence-electron chi connectivity index (χ3n) is 2.51. The first kappa shape index (κ1) is 13.7. The van der Waals surface area contributed by atoms with Gasteiger partial charge in [0, 0.05) is 36.7 Å². The quantitative estimate of drug-likeness (QED) is 0.480. The SMILES string of the molecule is N#CCn1cc(SCCOP)c2cc(Cl)ccc21. The van der Waals surface area contributed by atoms with Gasteiger partial charge in [0.05, 0.1) is 18.2 Å². The summed E-state index contributed by atoms with van der Waals surface area (Å²) < 4.78 is 6.90. The number of fused-ring (bicyclic) bond motifs is 1. The maximum absolute atomic E-state index is 8.83. The van der Waals surface area contributed by atoms with E-state index in [0.29, 0.717) is 18.2 Å². The molecule has 1 aromatic carbocycles. The highest BCUT2D eigenvalue weighted by molar-refractivity contribution is 7.99. The maximum atomic E-state index is 8.83. The van der Waals surface area contributed by atoms with Crippen LogP contribution in [0.25, 0.3) is 10.9 Å². The molecule has 3 nitrogen and oxygen atoms in total. The van der Waals surface area contributed by atoms with E-state index in [1.165, 1.54) is 0 Å². The van der Waals surface area contributed by atoms with Crippen molar-refractivity contribution in [1.82, 2.24) is 4.57 Å². The van der Waals surface area contributed by atoms with Crippen molar-refractivity contribution in [2.45, 2.75) is 11.4 Å². The van der Waals surface area contributed by atoms with Crippen LogP contribution in [0.4, 0.5) is 0 Å². The number of benzene rings is 1. The molecule has 94 valence electrons. The largest absolute Gasteiger partial charge is 0.365 e. The highest BCUT2D eigenvalue weighted by Gasteiger charge is 2.09. The smallest absolute Gasteiger partial charge is 0.110 e. The fraction of sp³-hybridized carbons (Fsp3) is 0.250. The molecule has 0 bridgehead atoms. The van der Waals surface area contributed by atoms with Gasteiger partial charge in [0.15, 0.2) is 0 Å². The summed E-state index contributed by atoms with van der Waals surface area (Å²) in [5.74, 6) is 0.863. The van der Waals surface area contributed by atoms with E-state index in [0.717, 1.165) is 21.6 Å². The second-order valence-electron chi connectivity index (χ2n) is 3.66. The van der Waals surface area contributed by atoms with E-state index in [-0.39, 0.29) is 0 Å². The predicted octanol–water partition coefficient (Wildman–Crippen LogP) is 3.72. The molecule has 0 spiro atoms. The average Bonchev–Trinajstić information content (AvgIpc) is 2.68. The Kier molecular flexibility index (Phi) is 4.91. The molecule has 2 rings (SSSR count). The first-order valence-electron chi connectivity index (χ1n) is 5.36. The highest BCUT2D eigenvalue weighted by Crippen LogP contribution is 2.31. The third-order valence-corrected chi connectivity index (χ3v) is 3.98. The lowest BCUT2D eigenvalue weighted by atomic mass is 10.2. The van der Waals surface area contributed by atoms with Gasteiger partial charge in [0.2, 0.25) is 0 Å². The van der Waals surface area contributed by atoms with Crippen molar-refractivity contribution in [2.75, 3.05) is 12.4 Å². The molecule has 2 aromatic rings. The number of hydrogen-bond donors (Lipinski definition) is 0. The fourth-order valence-corrected chi connectivity index (χ4v) is 3.14. The van der Waals surface area contributed by atoms with Gasteiger partial charge in [-0.25, -0.2) is 0 Å². The van der Waals surface area contributed by atoms with Gasteiger partial charge in [-0.1, -0.05) is 11.6 Å². The zero-order chi connectivity index (χ0) is 13.0. The van der Waals surface area contributed by atoms with Crippen molar-refractivity contribution in [3.8, 4) is 6.07 Å². The Labute approximate surface area is 117 Å². The number of nitrogens with zero attached hydrogens (tertiary/aromatic N) is 2. The molecule has 0 amide bonds. The van der Waals surface area contributed by atoms with E-state index in [9.17, 15) is 0 Å². The second-order valence-corrected chi connectivity index (χ2v) is 5.57. The molecule has 6 heteroatoms. The van der Waals surface area contributed by atoms with E-state index < -0.39 is 0 Å². The minimum Gasteiger partial charge on any atom is -0.365 e. The molecular formula is C12H12ClN2OPS. The molecule has 0 aliphatic carbocycles. The molecule has 0 aliphatic heterocycles. The predicted molar refractivity (Wildman–Crippen MR) is 78.9 cm³/mol. The van der Waals surface area contributed by atoms with Crippen molar-refractivity contribution in [2.24, 2.45) is 0 Å². The Bertz CT molecular complexity index is 594. The number of hydrogen-bond acceptors (Lipinski definition) is 3. The summed E-state index contributed by atoms with van der Waals surface area (Å²) in [5, 5.41) is 10.6. The molecular weight excluding hydrogens is 287 g/mol. The van der Waals surface area contributed by atoms with Crippen LogP contribution in [0.2, 0.25) is 5.02 Å². The van der Waals surface area contributed by atoms with Gasteiger partial charge in [0.1, 0.15) is 6.54 Å². The summed E-state index contributed by atoms with van der Waals surface area (Å²) in [6.45, 7) is 1.01. The molecule has 18 heavy (non-hydrogen) atoms. The van der Waals surface area contributed by atoms with Crippen molar-refractivity contribution in [1.29, 1.82) is 5.26 Å². The van der Waals surface area contributed by atoms with Gasteiger partial charge in [-0.15, -0.1) is 11.8 Å². The molecule has 1 unspecified atom stereocenters. The zero-order valence-corrected chi connectivity index (χ0v) is 12.3. The summed E-state index contributed by atoms with van der Waals surface area (Å²) in [4.78, 5) is 1.13. The summed E-state index contributed by atoms with van der Waals surface area (Å²) in [6, 6.07) is 7.90. The fourth-order valence-electron chi connectivity index (χ4n) is 1.76. The Morgan fingerprint density at radius 1 is 1.50 bits per heavy atom. The van der Waals surface area contributed by atoms with E-state index in [1.54, 1.807) is 11.8 Å². The van der Waals surface area contributed by atoms with Gasteiger partial charge in [-0.2, -0.15) is 5.26 Å². The monoisotopic (exact) mass is 298 g/mol. The second kappa shape index (κ2) is 6.45. The van der Waals surface area contributed by atoms with Gasteiger partial charge in [-0.05, 0) is 18.2 Å². The Morgan fingerprint density at radius 3 is 3.06 bits per heavy atom. The molecule has 0 N–H and O–H groups in total.